The first-order chi connectivity index (χ1) is 13.4. The lowest BCUT2D eigenvalue weighted by atomic mass is 9.87. The average molecular weight is 426 g/mol. The molecule has 0 amide bonds. The summed E-state index contributed by atoms with van der Waals surface area (Å²) in [6.45, 7) is 4.77. The zero-order valence-corrected chi connectivity index (χ0v) is 17.6. The largest absolute Gasteiger partial charge is 0.510 e. The molecule has 8 heteroatoms. The van der Waals surface area contributed by atoms with Crippen molar-refractivity contribution in [3.63, 3.8) is 0 Å². The van der Waals surface area contributed by atoms with Crippen LogP contribution in [0.2, 0.25) is 10.0 Å². The Hall–Kier alpha value is -1.60. The second-order valence-electron chi connectivity index (χ2n) is 7.30. The minimum Gasteiger partial charge on any atom is -0.510 e. The lowest BCUT2D eigenvalue weighted by molar-refractivity contribution is -0.224. The molecule has 0 spiro atoms. The number of unbranched alkanes of at least 4 members (excludes halogenated alkanes) is 1. The Morgan fingerprint density at radius 2 is 2.07 bits per heavy atom. The molecule has 0 bridgehead atoms. The van der Waals surface area contributed by atoms with E-state index >= 15 is 0 Å². The first-order valence-corrected chi connectivity index (χ1v) is 10.1. The highest BCUT2D eigenvalue weighted by molar-refractivity contribution is 6.35. The Balaban J connectivity index is 1.87. The molecule has 0 saturated carbocycles. The Bertz CT molecular complexity index is 816. The monoisotopic (exact) mass is 425 g/mol. The number of allylic oxidation sites excluding steroid dienone is 1. The van der Waals surface area contributed by atoms with E-state index < -0.39 is 5.41 Å². The van der Waals surface area contributed by atoms with E-state index in [9.17, 15) is 5.11 Å². The maximum atomic E-state index is 11.2. The van der Waals surface area contributed by atoms with E-state index in [-0.39, 0.29) is 12.0 Å². The molecule has 28 heavy (non-hydrogen) atoms. The van der Waals surface area contributed by atoms with Gasteiger partial charge in [0.2, 0.25) is 0 Å². The Labute approximate surface area is 175 Å². The zero-order valence-electron chi connectivity index (χ0n) is 16.1. The number of rotatable bonds is 7. The summed E-state index contributed by atoms with van der Waals surface area (Å²) < 4.78 is 13.3. The number of hydrogen-bond acceptors (Lipinski definition) is 5. The summed E-state index contributed by atoms with van der Waals surface area (Å²) in [5.74, 6) is 0.151. The topological polar surface area (TPSA) is 69.4 Å². The van der Waals surface area contributed by atoms with Crippen LogP contribution in [0.5, 0.6) is 0 Å². The maximum Gasteiger partial charge on any atom is 0.157 e. The van der Waals surface area contributed by atoms with Crippen molar-refractivity contribution in [1.82, 2.24) is 14.8 Å². The van der Waals surface area contributed by atoms with Crippen LogP contribution in [-0.2, 0) is 15.9 Å². The number of aromatic nitrogens is 3. The standard InChI is InChI=1S/C20H25Cl2N3O3/c1-3-4-5-18-27-10-20(2,11-28-18)19(26)17(25-13-23-12-24-25)8-14-6-7-15(21)9-16(14)22/h6-7,9,12-13,18,26H,3-5,8,10-11H2,1-2H3/b19-17+. The SMILES string of the molecule is CCCCC1OCC(C)(/C(O)=C(/Cc2ccc(Cl)cc2Cl)n2cncn2)CO1. The van der Waals surface area contributed by atoms with Crippen molar-refractivity contribution < 1.29 is 14.6 Å². The summed E-state index contributed by atoms with van der Waals surface area (Å²) in [7, 11) is 0. The van der Waals surface area contributed by atoms with Gasteiger partial charge in [-0.05, 0) is 37.5 Å². The summed E-state index contributed by atoms with van der Waals surface area (Å²) >= 11 is 12.3. The quantitative estimate of drug-likeness (QED) is 0.622. The smallest absolute Gasteiger partial charge is 0.157 e. The Morgan fingerprint density at radius 1 is 1.32 bits per heavy atom. The number of ether oxygens (including phenoxy) is 2. The molecular weight excluding hydrogens is 401 g/mol. The van der Waals surface area contributed by atoms with E-state index in [1.807, 2.05) is 13.0 Å². The number of halogens is 2. The number of nitrogens with zero attached hydrogens (tertiary/aromatic N) is 3. The van der Waals surface area contributed by atoms with Crippen LogP contribution in [-0.4, -0.2) is 39.4 Å². The summed E-state index contributed by atoms with van der Waals surface area (Å²) in [5, 5.41) is 16.5. The molecule has 0 radical (unpaired) electrons. The van der Waals surface area contributed by atoms with E-state index in [0.717, 1.165) is 24.8 Å². The molecule has 1 N–H and O–H groups in total. The van der Waals surface area contributed by atoms with E-state index in [1.165, 1.54) is 6.33 Å². The third kappa shape index (κ3) is 4.87. The van der Waals surface area contributed by atoms with Crippen LogP contribution in [0.1, 0.15) is 38.7 Å². The van der Waals surface area contributed by atoms with Gasteiger partial charge in [0.05, 0.1) is 24.3 Å². The molecule has 0 aliphatic carbocycles. The summed E-state index contributed by atoms with van der Waals surface area (Å²) in [4.78, 5) is 4.01. The third-order valence-corrected chi connectivity index (χ3v) is 5.47. The number of aliphatic hydroxyl groups excluding tert-OH is 1. The second kappa shape index (κ2) is 9.27. The molecule has 0 unspecified atom stereocenters. The molecule has 1 aliphatic rings. The van der Waals surface area contributed by atoms with Gasteiger partial charge in [-0.2, -0.15) is 5.10 Å². The van der Waals surface area contributed by atoms with Crippen molar-refractivity contribution in [2.24, 2.45) is 5.41 Å². The van der Waals surface area contributed by atoms with Crippen molar-refractivity contribution >= 4 is 28.9 Å². The first kappa shape index (κ1) is 21.1. The molecule has 3 rings (SSSR count). The normalized spacial score (nSPS) is 23.5. The van der Waals surface area contributed by atoms with Gasteiger partial charge in [-0.25, -0.2) is 9.67 Å². The van der Waals surface area contributed by atoms with E-state index in [0.29, 0.717) is 35.4 Å². The van der Waals surface area contributed by atoms with Gasteiger partial charge in [0.1, 0.15) is 18.4 Å². The van der Waals surface area contributed by atoms with Crippen molar-refractivity contribution in [2.75, 3.05) is 13.2 Å². The highest BCUT2D eigenvalue weighted by atomic mass is 35.5. The molecule has 2 heterocycles. The van der Waals surface area contributed by atoms with E-state index in [1.54, 1.807) is 23.1 Å². The second-order valence-corrected chi connectivity index (χ2v) is 8.15. The van der Waals surface area contributed by atoms with Crippen molar-refractivity contribution in [3.05, 3.63) is 52.2 Å². The van der Waals surface area contributed by atoms with Gasteiger partial charge in [0.25, 0.3) is 0 Å². The lowest BCUT2D eigenvalue weighted by Gasteiger charge is -2.37. The first-order valence-electron chi connectivity index (χ1n) is 9.37. The summed E-state index contributed by atoms with van der Waals surface area (Å²) in [6, 6.07) is 5.29. The molecule has 1 aromatic heterocycles. The maximum absolute atomic E-state index is 11.2. The molecule has 6 nitrogen and oxygen atoms in total. The van der Waals surface area contributed by atoms with Crippen molar-refractivity contribution in [2.45, 2.75) is 45.8 Å². The molecule has 2 aromatic rings. The van der Waals surface area contributed by atoms with Crippen LogP contribution >= 0.6 is 23.2 Å². The van der Waals surface area contributed by atoms with Crippen molar-refractivity contribution in [1.29, 1.82) is 0 Å². The van der Waals surface area contributed by atoms with Gasteiger partial charge < -0.3 is 14.6 Å². The number of aliphatic hydroxyl groups is 1. The van der Waals surface area contributed by atoms with Gasteiger partial charge in [-0.1, -0.05) is 42.6 Å². The van der Waals surface area contributed by atoms with Crippen LogP contribution < -0.4 is 0 Å². The van der Waals surface area contributed by atoms with Crippen LogP contribution in [0.15, 0.2) is 36.6 Å². The van der Waals surface area contributed by atoms with Crippen molar-refractivity contribution in [3.8, 4) is 0 Å². The fourth-order valence-corrected chi connectivity index (χ4v) is 3.61. The zero-order chi connectivity index (χ0) is 20.1. The third-order valence-electron chi connectivity index (χ3n) is 4.88. The van der Waals surface area contributed by atoms with E-state index in [2.05, 4.69) is 17.0 Å². The van der Waals surface area contributed by atoms with Crippen LogP contribution in [0, 0.1) is 5.41 Å². The van der Waals surface area contributed by atoms with Crippen LogP contribution in [0.25, 0.3) is 5.70 Å². The molecular formula is C20H25Cl2N3O3. The Morgan fingerprint density at radius 3 is 2.68 bits per heavy atom. The van der Waals surface area contributed by atoms with Gasteiger partial charge in [-0.15, -0.1) is 0 Å². The predicted octanol–water partition coefficient (Wildman–Crippen LogP) is 5.12. The van der Waals surface area contributed by atoms with Crippen LogP contribution in [0.4, 0.5) is 0 Å². The molecule has 1 saturated heterocycles. The fourth-order valence-electron chi connectivity index (χ4n) is 3.13. The summed E-state index contributed by atoms with van der Waals surface area (Å²) in [6.07, 6.45) is 6.10. The highest BCUT2D eigenvalue weighted by Gasteiger charge is 2.38. The molecule has 1 aliphatic heterocycles. The Kier molecular flexibility index (Phi) is 6.99. The van der Waals surface area contributed by atoms with E-state index in [4.69, 9.17) is 32.7 Å². The number of benzene rings is 1. The molecule has 0 atom stereocenters. The molecule has 152 valence electrons. The number of hydrogen-bond donors (Lipinski definition) is 1. The predicted molar refractivity (Wildman–Crippen MR) is 109 cm³/mol. The van der Waals surface area contributed by atoms with Gasteiger partial charge in [-0.3, -0.25) is 0 Å². The van der Waals surface area contributed by atoms with Gasteiger partial charge in [0.15, 0.2) is 6.29 Å². The molecule has 1 aromatic carbocycles. The highest BCUT2D eigenvalue weighted by Crippen LogP contribution is 2.36. The lowest BCUT2D eigenvalue weighted by Crippen LogP contribution is -2.41. The average Bonchev–Trinajstić information content (AvgIpc) is 3.21. The van der Waals surface area contributed by atoms with Crippen LogP contribution in [0.3, 0.4) is 0 Å². The fraction of sp³-hybridized carbons (Fsp3) is 0.500. The van der Waals surface area contributed by atoms with Gasteiger partial charge in [0, 0.05) is 16.5 Å². The molecule has 1 fully saturated rings. The van der Waals surface area contributed by atoms with Gasteiger partial charge >= 0.3 is 0 Å². The minimum atomic E-state index is -0.692. The minimum absolute atomic E-state index is 0.151. The summed E-state index contributed by atoms with van der Waals surface area (Å²) in [5.41, 5.74) is 0.705.